The molecule has 2 aliphatic rings. The Bertz CT molecular complexity index is 879. The smallest absolute Gasteiger partial charge is 0.354 e. The Labute approximate surface area is 153 Å². The number of rotatable bonds is 2. The van der Waals surface area contributed by atoms with Gasteiger partial charge >= 0.3 is 12.2 Å². The van der Waals surface area contributed by atoms with Gasteiger partial charge in [0.1, 0.15) is 11.6 Å². The number of nitrogens with one attached hydrogen (secondary N) is 3. The maximum absolute atomic E-state index is 13.5. The Morgan fingerprint density at radius 3 is 2.67 bits per heavy atom. The standard InChI is InChI=1S/C17H17F3N6O/c18-17(19,20)10-7-13(24-14(8-10)26-5-3-21-4-6-26)11-1-2-22-15-12(11)9-23-16(27)25-15/h1-2,7-8,21H,3-6,9H2,(H2,22,23,25,27). The molecule has 1 saturated heterocycles. The first-order chi connectivity index (χ1) is 12.9. The Balaban J connectivity index is 1.83. The third-order valence-corrected chi connectivity index (χ3v) is 4.57. The van der Waals surface area contributed by atoms with E-state index >= 15 is 0 Å². The molecular formula is C17H17F3N6O. The van der Waals surface area contributed by atoms with Crippen molar-refractivity contribution in [1.29, 1.82) is 0 Å². The lowest BCUT2D eigenvalue weighted by atomic mass is 10.0. The summed E-state index contributed by atoms with van der Waals surface area (Å²) in [5.41, 5.74) is 0.569. The van der Waals surface area contributed by atoms with Crippen molar-refractivity contribution < 1.29 is 18.0 Å². The number of carbonyl (C=O) groups excluding carboxylic acids is 1. The van der Waals surface area contributed by atoms with Crippen LogP contribution in [0.4, 0.5) is 29.6 Å². The molecule has 0 spiro atoms. The van der Waals surface area contributed by atoms with E-state index < -0.39 is 17.8 Å². The number of alkyl halides is 3. The van der Waals surface area contributed by atoms with Crippen molar-refractivity contribution in [2.45, 2.75) is 12.7 Å². The van der Waals surface area contributed by atoms with E-state index in [-0.39, 0.29) is 12.2 Å². The van der Waals surface area contributed by atoms with E-state index in [1.54, 1.807) is 6.07 Å². The molecule has 0 saturated carbocycles. The van der Waals surface area contributed by atoms with Crippen LogP contribution >= 0.6 is 0 Å². The van der Waals surface area contributed by atoms with Gasteiger partial charge in [-0.25, -0.2) is 14.8 Å². The van der Waals surface area contributed by atoms with Crippen LogP contribution in [0.5, 0.6) is 0 Å². The zero-order valence-corrected chi connectivity index (χ0v) is 14.2. The molecule has 4 rings (SSSR count). The largest absolute Gasteiger partial charge is 0.416 e. The first-order valence-corrected chi connectivity index (χ1v) is 8.50. The molecule has 0 bridgehead atoms. The predicted molar refractivity (Wildman–Crippen MR) is 93.4 cm³/mol. The zero-order chi connectivity index (χ0) is 19.0. The van der Waals surface area contributed by atoms with Gasteiger partial charge in [0.25, 0.3) is 0 Å². The molecule has 0 unspecified atom stereocenters. The van der Waals surface area contributed by atoms with Gasteiger partial charge in [-0.2, -0.15) is 13.2 Å². The number of amides is 2. The second-order valence-electron chi connectivity index (χ2n) is 6.33. The van der Waals surface area contributed by atoms with Crippen molar-refractivity contribution in [2.75, 3.05) is 36.4 Å². The predicted octanol–water partition coefficient (Wildman–Crippen LogP) is 2.21. The van der Waals surface area contributed by atoms with Crippen molar-refractivity contribution in [3.63, 3.8) is 0 Å². The van der Waals surface area contributed by atoms with E-state index in [2.05, 4.69) is 25.9 Å². The molecule has 2 amide bonds. The average molecular weight is 378 g/mol. The SMILES string of the molecule is O=C1NCc2c(-c3cc(C(F)(F)F)cc(N4CCNCC4)n3)ccnc2N1. The molecule has 0 aliphatic carbocycles. The Hall–Kier alpha value is -2.88. The maximum atomic E-state index is 13.5. The van der Waals surface area contributed by atoms with Crippen molar-refractivity contribution in [2.24, 2.45) is 0 Å². The third kappa shape index (κ3) is 3.52. The van der Waals surface area contributed by atoms with Crippen LogP contribution in [-0.2, 0) is 12.7 Å². The molecule has 3 N–H and O–H groups in total. The molecule has 1 fully saturated rings. The van der Waals surface area contributed by atoms with Gasteiger partial charge in [0, 0.05) is 50.0 Å². The molecule has 7 nitrogen and oxygen atoms in total. The Morgan fingerprint density at radius 1 is 1.15 bits per heavy atom. The van der Waals surface area contributed by atoms with Crippen LogP contribution in [-0.4, -0.2) is 42.2 Å². The van der Waals surface area contributed by atoms with E-state index in [1.165, 1.54) is 6.20 Å². The fraction of sp³-hybridized carbons (Fsp3) is 0.353. The van der Waals surface area contributed by atoms with Crippen LogP contribution in [0, 0.1) is 0 Å². The summed E-state index contributed by atoms with van der Waals surface area (Å²) in [5.74, 6) is 0.624. The van der Waals surface area contributed by atoms with E-state index in [4.69, 9.17) is 0 Å². The molecule has 0 atom stereocenters. The number of hydrogen-bond acceptors (Lipinski definition) is 5. The van der Waals surface area contributed by atoms with Crippen LogP contribution in [0.3, 0.4) is 0 Å². The van der Waals surface area contributed by atoms with E-state index in [9.17, 15) is 18.0 Å². The van der Waals surface area contributed by atoms with Crippen molar-refractivity contribution in [3.05, 3.63) is 35.5 Å². The van der Waals surface area contributed by atoms with Gasteiger partial charge < -0.3 is 15.5 Å². The monoisotopic (exact) mass is 378 g/mol. The van der Waals surface area contributed by atoms with Gasteiger partial charge in [-0.15, -0.1) is 0 Å². The van der Waals surface area contributed by atoms with Crippen molar-refractivity contribution >= 4 is 17.7 Å². The number of anilines is 2. The normalized spacial score (nSPS) is 17.1. The fourth-order valence-electron chi connectivity index (χ4n) is 3.21. The highest BCUT2D eigenvalue weighted by Gasteiger charge is 2.33. The molecule has 2 aromatic rings. The number of aromatic nitrogens is 2. The summed E-state index contributed by atoms with van der Waals surface area (Å²) in [6, 6.07) is 3.34. The first-order valence-electron chi connectivity index (χ1n) is 8.50. The van der Waals surface area contributed by atoms with Gasteiger partial charge in [0.2, 0.25) is 0 Å². The van der Waals surface area contributed by atoms with Gasteiger partial charge in [0.15, 0.2) is 0 Å². The van der Waals surface area contributed by atoms with E-state index in [0.717, 1.165) is 12.1 Å². The lowest BCUT2D eigenvalue weighted by Gasteiger charge is -2.29. The van der Waals surface area contributed by atoms with E-state index in [0.29, 0.717) is 48.9 Å². The number of pyridine rings is 2. The number of urea groups is 1. The number of nitrogens with zero attached hydrogens (tertiary/aromatic N) is 3. The summed E-state index contributed by atoms with van der Waals surface area (Å²) in [4.78, 5) is 21.9. The van der Waals surface area contributed by atoms with E-state index in [1.807, 2.05) is 4.90 Å². The summed E-state index contributed by atoms with van der Waals surface area (Å²) in [7, 11) is 0. The first kappa shape index (κ1) is 17.5. The van der Waals surface area contributed by atoms with Gasteiger partial charge in [-0.05, 0) is 18.2 Å². The number of carbonyl (C=O) groups is 1. The minimum absolute atomic E-state index is 0.172. The van der Waals surface area contributed by atoms with Gasteiger partial charge in [0.05, 0.1) is 11.3 Å². The minimum Gasteiger partial charge on any atom is -0.354 e. The quantitative estimate of drug-likeness (QED) is 0.747. The molecular weight excluding hydrogens is 361 g/mol. The second kappa shape index (κ2) is 6.69. The molecule has 4 heterocycles. The zero-order valence-electron chi connectivity index (χ0n) is 14.2. The van der Waals surface area contributed by atoms with Gasteiger partial charge in [-0.1, -0.05) is 0 Å². The van der Waals surface area contributed by atoms with Crippen molar-refractivity contribution in [3.8, 4) is 11.3 Å². The third-order valence-electron chi connectivity index (χ3n) is 4.57. The average Bonchev–Trinajstić information content (AvgIpc) is 2.67. The summed E-state index contributed by atoms with van der Waals surface area (Å²) >= 11 is 0. The van der Waals surface area contributed by atoms with Crippen LogP contribution in [0.15, 0.2) is 24.4 Å². The summed E-state index contributed by atoms with van der Waals surface area (Å²) in [5, 5.41) is 8.35. The highest BCUT2D eigenvalue weighted by atomic mass is 19.4. The molecule has 0 aromatic carbocycles. The highest BCUT2D eigenvalue weighted by molar-refractivity contribution is 5.92. The Morgan fingerprint density at radius 2 is 1.93 bits per heavy atom. The number of fused-ring (bicyclic) bond motifs is 1. The summed E-state index contributed by atoms with van der Waals surface area (Å²) in [6.07, 6.45) is -3.04. The lowest BCUT2D eigenvalue weighted by Crippen LogP contribution is -2.44. The van der Waals surface area contributed by atoms with Crippen LogP contribution in [0.25, 0.3) is 11.3 Å². The maximum Gasteiger partial charge on any atom is 0.416 e. The molecule has 142 valence electrons. The highest BCUT2D eigenvalue weighted by Crippen LogP contribution is 2.36. The van der Waals surface area contributed by atoms with Crippen LogP contribution in [0.1, 0.15) is 11.1 Å². The molecule has 0 radical (unpaired) electrons. The van der Waals surface area contributed by atoms with Crippen LogP contribution < -0.4 is 20.9 Å². The summed E-state index contributed by atoms with van der Waals surface area (Å²) < 4.78 is 40.4. The molecule has 10 heteroatoms. The minimum atomic E-state index is -4.49. The molecule has 2 aromatic heterocycles. The van der Waals surface area contributed by atoms with Crippen LogP contribution in [0.2, 0.25) is 0 Å². The topological polar surface area (TPSA) is 82.2 Å². The lowest BCUT2D eigenvalue weighted by molar-refractivity contribution is -0.137. The Kier molecular flexibility index (Phi) is 4.34. The van der Waals surface area contributed by atoms with Gasteiger partial charge in [-0.3, -0.25) is 5.32 Å². The number of piperazine rings is 1. The number of halogens is 3. The summed E-state index contributed by atoms with van der Waals surface area (Å²) in [6.45, 7) is 2.71. The number of hydrogen-bond donors (Lipinski definition) is 3. The molecule has 2 aliphatic heterocycles. The molecule has 27 heavy (non-hydrogen) atoms. The van der Waals surface area contributed by atoms with Crippen molar-refractivity contribution in [1.82, 2.24) is 20.6 Å². The second-order valence-corrected chi connectivity index (χ2v) is 6.33. The fourth-order valence-corrected chi connectivity index (χ4v) is 3.21.